The Kier molecular flexibility index (Phi) is 5.39. The number of ether oxygens (including phenoxy) is 2. The molecule has 3 aliphatic heterocycles. The number of anilines is 3. The Morgan fingerprint density at radius 2 is 1.86 bits per heavy atom. The summed E-state index contributed by atoms with van der Waals surface area (Å²) in [6, 6.07) is 13.4. The van der Waals surface area contributed by atoms with Crippen LogP contribution in [-0.2, 0) is 6.18 Å². The minimum Gasteiger partial charge on any atom is -0.490 e. The van der Waals surface area contributed by atoms with E-state index in [-0.39, 0.29) is 12.1 Å². The number of nitrogens with one attached hydrogen (secondary N) is 1. The summed E-state index contributed by atoms with van der Waals surface area (Å²) >= 11 is 0. The van der Waals surface area contributed by atoms with Gasteiger partial charge in [-0.1, -0.05) is 12.1 Å². The van der Waals surface area contributed by atoms with Crippen molar-refractivity contribution in [1.82, 2.24) is 4.98 Å². The molecule has 1 fully saturated rings. The average Bonchev–Trinajstić information content (AvgIpc) is 3.13. The Labute approximate surface area is 205 Å². The molecule has 0 unspecified atom stereocenters. The van der Waals surface area contributed by atoms with E-state index in [0.717, 1.165) is 37.2 Å². The van der Waals surface area contributed by atoms with Gasteiger partial charge in [-0.2, -0.15) is 13.2 Å². The molecule has 1 N–H and O–H groups in total. The van der Waals surface area contributed by atoms with Crippen LogP contribution in [0.3, 0.4) is 0 Å². The first-order valence-corrected chi connectivity index (χ1v) is 11.8. The van der Waals surface area contributed by atoms with E-state index in [0.29, 0.717) is 54.0 Å². The van der Waals surface area contributed by atoms with Crippen molar-refractivity contribution in [2.45, 2.75) is 25.1 Å². The summed E-state index contributed by atoms with van der Waals surface area (Å²) in [7, 11) is 0. The molecule has 1 atom stereocenters. The molecule has 0 spiro atoms. The third-order valence-corrected chi connectivity index (χ3v) is 6.66. The second kappa shape index (κ2) is 8.61. The van der Waals surface area contributed by atoms with Crippen LogP contribution in [0, 0.1) is 0 Å². The number of pyridine rings is 1. The summed E-state index contributed by atoms with van der Waals surface area (Å²) in [5.41, 5.74) is 1.31. The Morgan fingerprint density at radius 1 is 1.03 bits per heavy atom. The van der Waals surface area contributed by atoms with E-state index in [4.69, 9.17) is 9.47 Å². The molecule has 0 radical (unpaired) electrons. The quantitative estimate of drug-likeness (QED) is 0.503. The topological polar surface area (TPSA) is 66.9 Å². The summed E-state index contributed by atoms with van der Waals surface area (Å²) in [4.78, 5) is 22.0. The predicted octanol–water partition coefficient (Wildman–Crippen LogP) is 5.56. The summed E-state index contributed by atoms with van der Waals surface area (Å²) in [6.45, 7) is 2.55. The largest absolute Gasteiger partial charge is 0.490 e. The van der Waals surface area contributed by atoms with Gasteiger partial charge in [0, 0.05) is 36.8 Å². The van der Waals surface area contributed by atoms with Gasteiger partial charge < -0.3 is 19.7 Å². The summed E-state index contributed by atoms with van der Waals surface area (Å²) in [5, 5.41) is 2.94. The SMILES string of the molecule is O=C(Nc1ccc2c(c1)OCCCO2)N1c2nc(-c3cccc(C(F)(F)F)c3)ccc2N2CC[C@H]1C2. The highest BCUT2D eigenvalue weighted by Gasteiger charge is 2.40. The number of alkyl halides is 3. The molecule has 6 rings (SSSR count). The maximum Gasteiger partial charge on any atom is 0.416 e. The van der Waals surface area contributed by atoms with E-state index in [1.165, 1.54) is 6.07 Å². The van der Waals surface area contributed by atoms with Crippen molar-refractivity contribution < 1.29 is 27.4 Å². The molecule has 186 valence electrons. The second-order valence-electron chi connectivity index (χ2n) is 9.02. The molecule has 0 aliphatic carbocycles. The standard InChI is InChI=1S/C26H23F3N4O3/c27-26(28,29)17-4-1-3-16(13-17)20-6-7-21-24(31-20)33(19-9-10-32(21)15-19)25(34)30-18-5-8-22-23(14-18)36-12-2-11-35-22/h1,3-8,13-14,19H,2,9-12,15H2,(H,30,34)/t19-/m0/s1. The van der Waals surface area contributed by atoms with Crippen LogP contribution in [0.2, 0.25) is 0 Å². The number of aromatic nitrogens is 1. The van der Waals surface area contributed by atoms with Gasteiger partial charge in [0.1, 0.15) is 0 Å². The van der Waals surface area contributed by atoms with Crippen LogP contribution in [0.1, 0.15) is 18.4 Å². The van der Waals surface area contributed by atoms with Crippen LogP contribution in [0.15, 0.2) is 54.6 Å². The molecule has 2 bridgehead atoms. The summed E-state index contributed by atoms with van der Waals surface area (Å²) in [5.74, 6) is 1.64. The number of rotatable bonds is 2. The van der Waals surface area contributed by atoms with E-state index in [1.807, 2.05) is 6.07 Å². The lowest BCUT2D eigenvalue weighted by Gasteiger charge is -2.36. The van der Waals surface area contributed by atoms with Gasteiger partial charge >= 0.3 is 12.2 Å². The highest BCUT2D eigenvalue weighted by Crippen LogP contribution is 2.41. The molecule has 3 aromatic rings. The Balaban J connectivity index is 1.33. The van der Waals surface area contributed by atoms with Crippen LogP contribution in [0.4, 0.5) is 35.2 Å². The number of fused-ring (bicyclic) bond motifs is 5. The predicted molar refractivity (Wildman–Crippen MR) is 129 cm³/mol. The van der Waals surface area contributed by atoms with Gasteiger partial charge in [-0.25, -0.2) is 9.78 Å². The number of carbonyl (C=O) groups is 1. The monoisotopic (exact) mass is 496 g/mol. The third-order valence-electron chi connectivity index (χ3n) is 6.66. The molecule has 1 saturated heterocycles. The van der Waals surface area contributed by atoms with Crippen molar-refractivity contribution in [2.75, 3.05) is 41.4 Å². The molecule has 1 aromatic heterocycles. The lowest BCUT2D eigenvalue weighted by Crippen LogP contribution is -2.48. The molecule has 0 saturated carbocycles. The second-order valence-corrected chi connectivity index (χ2v) is 9.02. The van der Waals surface area contributed by atoms with Crippen LogP contribution in [0.25, 0.3) is 11.3 Å². The maximum atomic E-state index is 13.5. The van der Waals surface area contributed by atoms with Crippen molar-refractivity contribution in [2.24, 2.45) is 0 Å². The molecule has 2 amide bonds. The minimum absolute atomic E-state index is 0.0952. The first kappa shape index (κ1) is 22.5. The number of carbonyl (C=O) groups excluding carboxylic acids is 1. The highest BCUT2D eigenvalue weighted by atomic mass is 19.4. The molecule has 3 aliphatic rings. The van der Waals surface area contributed by atoms with E-state index in [1.54, 1.807) is 35.2 Å². The fraction of sp³-hybridized carbons (Fsp3) is 0.308. The number of hydrogen-bond donors (Lipinski definition) is 1. The van der Waals surface area contributed by atoms with Crippen molar-refractivity contribution in [3.63, 3.8) is 0 Å². The normalized spacial score (nSPS) is 18.5. The van der Waals surface area contributed by atoms with Gasteiger partial charge in [0.15, 0.2) is 17.3 Å². The molecule has 10 heteroatoms. The molecule has 4 heterocycles. The zero-order valence-corrected chi connectivity index (χ0v) is 19.2. The van der Waals surface area contributed by atoms with Crippen molar-refractivity contribution in [3.05, 3.63) is 60.2 Å². The molecule has 36 heavy (non-hydrogen) atoms. The fourth-order valence-corrected chi connectivity index (χ4v) is 4.91. The summed E-state index contributed by atoms with van der Waals surface area (Å²) in [6.07, 6.45) is -2.91. The van der Waals surface area contributed by atoms with E-state index < -0.39 is 11.7 Å². The van der Waals surface area contributed by atoms with Crippen LogP contribution in [0.5, 0.6) is 11.5 Å². The fourth-order valence-electron chi connectivity index (χ4n) is 4.91. The van der Waals surface area contributed by atoms with Crippen molar-refractivity contribution >= 4 is 23.2 Å². The summed E-state index contributed by atoms with van der Waals surface area (Å²) < 4.78 is 51.2. The van der Waals surface area contributed by atoms with Crippen LogP contribution < -0.4 is 24.6 Å². The first-order chi connectivity index (χ1) is 17.4. The Bertz CT molecular complexity index is 1330. The molecule has 7 nitrogen and oxygen atoms in total. The third kappa shape index (κ3) is 4.06. The Morgan fingerprint density at radius 3 is 2.69 bits per heavy atom. The van der Waals surface area contributed by atoms with Gasteiger partial charge in [-0.3, -0.25) is 4.90 Å². The van der Waals surface area contributed by atoms with E-state index >= 15 is 0 Å². The van der Waals surface area contributed by atoms with Crippen LogP contribution >= 0.6 is 0 Å². The zero-order chi connectivity index (χ0) is 24.9. The molecule has 2 aromatic carbocycles. The Hall–Kier alpha value is -3.95. The first-order valence-electron chi connectivity index (χ1n) is 11.8. The smallest absolute Gasteiger partial charge is 0.416 e. The van der Waals surface area contributed by atoms with E-state index in [9.17, 15) is 18.0 Å². The number of urea groups is 1. The van der Waals surface area contributed by atoms with Crippen molar-refractivity contribution in [1.29, 1.82) is 0 Å². The molecular weight excluding hydrogens is 473 g/mol. The van der Waals surface area contributed by atoms with Crippen molar-refractivity contribution in [3.8, 4) is 22.8 Å². The lowest BCUT2D eigenvalue weighted by atomic mass is 10.1. The van der Waals surface area contributed by atoms with E-state index in [2.05, 4.69) is 15.2 Å². The molecular formula is C26H23F3N4O3. The maximum absolute atomic E-state index is 13.5. The van der Waals surface area contributed by atoms with Gasteiger partial charge in [0.2, 0.25) is 0 Å². The average molecular weight is 496 g/mol. The zero-order valence-electron chi connectivity index (χ0n) is 19.2. The number of halogens is 3. The highest BCUT2D eigenvalue weighted by molar-refractivity contribution is 6.05. The van der Waals surface area contributed by atoms with Gasteiger partial charge in [0.05, 0.1) is 36.2 Å². The van der Waals surface area contributed by atoms with Gasteiger partial charge in [-0.15, -0.1) is 0 Å². The van der Waals surface area contributed by atoms with Crippen LogP contribution in [-0.4, -0.2) is 43.4 Å². The minimum atomic E-state index is -4.45. The van der Waals surface area contributed by atoms with Gasteiger partial charge in [0.25, 0.3) is 0 Å². The number of amides is 2. The lowest BCUT2D eigenvalue weighted by molar-refractivity contribution is -0.137. The number of hydrogen-bond acceptors (Lipinski definition) is 5. The number of nitrogens with zero attached hydrogens (tertiary/aromatic N) is 3. The van der Waals surface area contributed by atoms with Gasteiger partial charge in [-0.05, 0) is 42.8 Å². The number of benzene rings is 2.